The minimum absolute atomic E-state index is 0.0535. The molecule has 0 saturated carbocycles. The molecule has 3 aromatic rings. The number of nitrogens with zero attached hydrogens (tertiary/aromatic N) is 2. The molecule has 33 heavy (non-hydrogen) atoms. The van der Waals surface area contributed by atoms with Gasteiger partial charge in [-0.1, -0.05) is 18.2 Å². The number of hydrogen-bond donors (Lipinski definition) is 1. The van der Waals surface area contributed by atoms with Gasteiger partial charge < -0.3 is 14.8 Å². The molecule has 1 aromatic heterocycles. The second kappa shape index (κ2) is 9.85. The van der Waals surface area contributed by atoms with Gasteiger partial charge in [-0.05, 0) is 73.4 Å². The average Bonchev–Trinajstić information content (AvgIpc) is 3.32. The molecule has 1 saturated heterocycles. The lowest BCUT2D eigenvalue weighted by Gasteiger charge is -2.17. The van der Waals surface area contributed by atoms with Crippen LogP contribution in [0.5, 0.6) is 5.75 Å². The van der Waals surface area contributed by atoms with Crippen LogP contribution in [0.1, 0.15) is 52.1 Å². The molecule has 6 heteroatoms. The van der Waals surface area contributed by atoms with Gasteiger partial charge in [0.2, 0.25) is 0 Å². The molecule has 1 unspecified atom stereocenters. The summed E-state index contributed by atoms with van der Waals surface area (Å²) in [5.41, 5.74) is 5.41. The van der Waals surface area contributed by atoms with Crippen LogP contribution < -0.4 is 10.1 Å². The van der Waals surface area contributed by atoms with E-state index >= 15 is 0 Å². The van der Waals surface area contributed by atoms with Crippen molar-refractivity contribution in [3.05, 3.63) is 82.7 Å². The summed E-state index contributed by atoms with van der Waals surface area (Å²) in [6, 6.07) is 17.1. The van der Waals surface area contributed by atoms with E-state index in [1.54, 1.807) is 18.3 Å². The molecule has 1 amide bonds. The third kappa shape index (κ3) is 5.39. The van der Waals surface area contributed by atoms with Gasteiger partial charge in [0.05, 0.1) is 30.9 Å². The molecule has 1 aliphatic heterocycles. The number of hydrogen-bond acceptors (Lipinski definition) is 5. The second-order valence-electron chi connectivity index (χ2n) is 8.44. The third-order valence-corrected chi connectivity index (χ3v) is 5.75. The normalized spacial score (nSPS) is 16.1. The number of ether oxygens (including phenoxy) is 2. The molecule has 168 valence electrons. The van der Waals surface area contributed by atoms with Gasteiger partial charge in [0, 0.05) is 23.9 Å². The SMILES string of the molecule is Cc1ccc(-c2cc(OC3CCOC3)cc(C(=O)N[C@H](C)c3ccc(C)nc3)c2)c(C#N)c1. The molecule has 2 heterocycles. The van der Waals surface area contributed by atoms with Gasteiger partial charge in [0.1, 0.15) is 11.9 Å². The number of pyridine rings is 1. The van der Waals surface area contributed by atoms with Crippen molar-refractivity contribution in [3.8, 4) is 22.9 Å². The minimum atomic E-state index is -0.219. The fraction of sp³-hybridized carbons (Fsp3) is 0.296. The van der Waals surface area contributed by atoms with E-state index in [9.17, 15) is 10.1 Å². The number of amides is 1. The molecule has 1 aliphatic rings. The summed E-state index contributed by atoms with van der Waals surface area (Å²) in [7, 11) is 0. The summed E-state index contributed by atoms with van der Waals surface area (Å²) in [5.74, 6) is 0.366. The Morgan fingerprint density at radius 1 is 1.21 bits per heavy atom. The van der Waals surface area contributed by atoms with Crippen LogP contribution in [0.3, 0.4) is 0 Å². The predicted molar refractivity (Wildman–Crippen MR) is 126 cm³/mol. The maximum atomic E-state index is 13.2. The zero-order valence-corrected chi connectivity index (χ0v) is 19.1. The lowest BCUT2D eigenvalue weighted by Crippen LogP contribution is -2.27. The van der Waals surface area contributed by atoms with Crippen LogP contribution in [0.15, 0.2) is 54.7 Å². The first-order valence-corrected chi connectivity index (χ1v) is 11.1. The Balaban J connectivity index is 1.67. The van der Waals surface area contributed by atoms with E-state index in [0.717, 1.165) is 34.4 Å². The smallest absolute Gasteiger partial charge is 0.251 e. The fourth-order valence-corrected chi connectivity index (χ4v) is 3.85. The van der Waals surface area contributed by atoms with Crippen molar-refractivity contribution in [2.75, 3.05) is 13.2 Å². The van der Waals surface area contributed by atoms with Gasteiger partial charge in [-0.25, -0.2) is 0 Å². The summed E-state index contributed by atoms with van der Waals surface area (Å²) in [5, 5.41) is 12.7. The number of nitrogens with one attached hydrogen (secondary N) is 1. The number of carbonyl (C=O) groups excluding carboxylic acids is 1. The fourth-order valence-electron chi connectivity index (χ4n) is 3.85. The molecule has 1 fully saturated rings. The van der Waals surface area contributed by atoms with E-state index in [1.807, 2.05) is 57.2 Å². The number of aryl methyl sites for hydroxylation is 2. The van der Waals surface area contributed by atoms with E-state index in [4.69, 9.17) is 9.47 Å². The van der Waals surface area contributed by atoms with E-state index in [2.05, 4.69) is 16.4 Å². The Morgan fingerprint density at radius 2 is 2.06 bits per heavy atom. The molecule has 6 nitrogen and oxygen atoms in total. The highest BCUT2D eigenvalue weighted by Crippen LogP contribution is 2.31. The molecule has 1 N–H and O–H groups in total. The predicted octanol–water partition coefficient (Wildman–Crippen LogP) is 4.90. The van der Waals surface area contributed by atoms with Crippen molar-refractivity contribution >= 4 is 5.91 Å². The lowest BCUT2D eigenvalue weighted by atomic mass is 9.96. The van der Waals surface area contributed by atoms with Crippen molar-refractivity contribution in [2.24, 2.45) is 0 Å². The zero-order chi connectivity index (χ0) is 23.4. The summed E-state index contributed by atoms with van der Waals surface area (Å²) in [6.45, 7) is 6.99. The average molecular weight is 442 g/mol. The van der Waals surface area contributed by atoms with Crippen LogP contribution in [0.25, 0.3) is 11.1 Å². The molecule has 2 atom stereocenters. The van der Waals surface area contributed by atoms with E-state index in [-0.39, 0.29) is 18.1 Å². The van der Waals surface area contributed by atoms with E-state index < -0.39 is 0 Å². The Labute approximate surface area is 194 Å². The van der Waals surface area contributed by atoms with Crippen LogP contribution in [0, 0.1) is 25.2 Å². The number of rotatable bonds is 6. The lowest BCUT2D eigenvalue weighted by molar-refractivity contribution is 0.0938. The number of aromatic nitrogens is 1. The van der Waals surface area contributed by atoms with Crippen LogP contribution in [0.2, 0.25) is 0 Å². The highest BCUT2D eigenvalue weighted by molar-refractivity contribution is 5.96. The van der Waals surface area contributed by atoms with Crippen LogP contribution >= 0.6 is 0 Å². The molecule has 2 aromatic carbocycles. The summed E-state index contributed by atoms with van der Waals surface area (Å²) >= 11 is 0. The highest BCUT2D eigenvalue weighted by atomic mass is 16.5. The van der Waals surface area contributed by atoms with Crippen molar-refractivity contribution < 1.29 is 14.3 Å². The van der Waals surface area contributed by atoms with Crippen molar-refractivity contribution in [3.63, 3.8) is 0 Å². The highest BCUT2D eigenvalue weighted by Gasteiger charge is 2.20. The maximum Gasteiger partial charge on any atom is 0.251 e. The number of benzene rings is 2. The first-order chi connectivity index (χ1) is 15.9. The maximum absolute atomic E-state index is 13.2. The molecule has 4 rings (SSSR count). The Bertz CT molecular complexity index is 1190. The van der Waals surface area contributed by atoms with Gasteiger partial charge in [0.15, 0.2) is 0 Å². The van der Waals surface area contributed by atoms with Crippen LogP contribution in [-0.2, 0) is 4.74 Å². The molecule has 0 bridgehead atoms. The first-order valence-electron chi connectivity index (χ1n) is 11.1. The van der Waals surface area contributed by atoms with Gasteiger partial charge in [-0.3, -0.25) is 9.78 Å². The van der Waals surface area contributed by atoms with E-state index in [1.165, 1.54) is 0 Å². The summed E-state index contributed by atoms with van der Waals surface area (Å²) in [6.07, 6.45) is 2.52. The Hall–Kier alpha value is -3.69. The van der Waals surface area contributed by atoms with Crippen molar-refractivity contribution in [2.45, 2.75) is 39.3 Å². The molecule has 0 spiro atoms. The van der Waals surface area contributed by atoms with Gasteiger partial charge in [-0.2, -0.15) is 5.26 Å². The first kappa shape index (κ1) is 22.5. The van der Waals surface area contributed by atoms with Crippen molar-refractivity contribution in [1.29, 1.82) is 5.26 Å². The standard InChI is InChI=1S/C27H27N3O3/c1-17-4-7-26(23(10-17)14-28)21-11-22(13-25(12-21)33-24-8-9-32-16-24)27(31)30-19(3)20-6-5-18(2)29-15-20/h4-7,10-13,15,19,24H,8-9,16H2,1-3H3,(H,30,31)/t19-,24?/m1/s1. The Morgan fingerprint density at radius 3 is 2.76 bits per heavy atom. The molecular weight excluding hydrogens is 414 g/mol. The summed E-state index contributed by atoms with van der Waals surface area (Å²) in [4.78, 5) is 17.5. The largest absolute Gasteiger partial charge is 0.488 e. The van der Waals surface area contributed by atoms with Gasteiger partial charge in [0.25, 0.3) is 5.91 Å². The topological polar surface area (TPSA) is 84.2 Å². The van der Waals surface area contributed by atoms with Gasteiger partial charge >= 0.3 is 0 Å². The summed E-state index contributed by atoms with van der Waals surface area (Å²) < 4.78 is 11.6. The third-order valence-electron chi connectivity index (χ3n) is 5.75. The van der Waals surface area contributed by atoms with Crippen LogP contribution in [-0.4, -0.2) is 30.2 Å². The van der Waals surface area contributed by atoms with Gasteiger partial charge in [-0.15, -0.1) is 0 Å². The van der Waals surface area contributed by atoms with Crippen molar-refractivity contribution in [1.82, 2.24) is 10.3 Å². The zero-order valence-electron chi connectivity index (χ0n) is 19.1. The van der Waals surface area contributed by atoms with E-state index in [0.29, 0.717) is 30.1 Å². The molecule has 0 radical (unpaired) electrons. The second-order valence-corrected chi connectivity index (χ2v) is 8.44. The monoisotopic (exact) mass is 441 g/mol. The Kier molecular flexibility index (Phi) is 6.71. The number of carbonyl (C=O) groups is 1. The molecule has 0 aliphatic carbocycles. The minimum Gasteiger partial charge on any atom is -0.488 e. The van der Waals surface area contributed by atoms with Crippen LogP contribution in [0.4, 0.5) is 0 Å². The quantitative estimate of drug-likeness (QED) is 0.588. The number of nitriles is 1. The molecular formula is C27H27N3O3.